The van der Waals surface area contributed by atoms with Crippen molar-refractivity contribution in [3.05, 3.63) is 65.3 Å². The van der Waals surface area contributed by atoms with Gasteiger partial charge in [-0.1, -0.05) is 36.3 Å². The summed E-state index contributed by atoms with van der Waals surface area (Å²) in [5.41, 5.74) is 9.15. The van der Waals surface area contributed by atoms with Crippen LogP contribution in [0.3, 0.4) is 0 Å². The highest BCUT2D eigenvalue weighted by atomic mass is 32.1. The van der Waals surface area contributed by atoms with E-state index in [1.54, 1.807) is 6.20 Å². The molecule has 3 rings (SSSR count). The molecule has 0 fully saturated rings. The van der Waals surface area contributed by atoms with Gasteiger partial charge in [-0.05, 0) is 18.1 Å². The lowest BCUT2D eigenvalue weighted by Gasteiger charge is -1.99. The van der Waals surface area contributed by atoms with Gasteiger partial charge in [0.15, 0.2) is 5.13 Å². The van der Waals surface area contributed by atoms with E-state index in [2.05, 4.69) is 21.8 Å². The van der Waals surface area contributed by atoms with Gasteiger partial charge in [-0.15, -0.1) is 11.3 Å². The Bertz CT molecular complexity index is 765. The Balaban J connectivity index is 1.82. The van der Waals surface area contributed by atoms with Crippen molar-refractivity contribution in [3.8, 4) is 23.1 Å². The van der Waals surface area contributed by atoms with Crippen LogP contribution in [0.15, 0.2) is 54.0 Å². The van der Waals surface area contributed by atoms with Gasteiger partial charge in [-0.3, -0.25) is 4.98 Å². The smallest absolute Gasteiger partial charge is 0.181 e. The summed E-state index contributed by atoms with van der Waals surface area (Å²) in [4.78, 5) is 8.51. The predicted octanol–water partition coefficient (Wildman–Crippen LogP) is 3.19. The maximum atomic E-state index is 5.56. The highest BCUT2D eigenvalue weighted by Crippen LogP contribution is 2.16. The van der Waals surface area contributed by atoms with E-state index < -0.39 is 0 Å². The molecular weight excluding hydrogens is 266 g/mol. The first kappa shape index (κ1) is 12.4. The second kappa shape index (κ2) is 5.55. The van der Waals surface area contributed by atoms with Crippen molar-refractivity contribution in [3.63, 3.8) is 0 Å². The van der Waals surface area contributed by atoms with Crippen LogP contribution in [-0.4, -0.2) is 9.97 Å². The number of anilines is 1. The third-order valence-corrected chi connectivity index (χ3v) is 3.36. The van der Waals surface area contributed by atoms with E-state index in [-0.39, 0.29) is 0 Å². The molecule has 2 heterocycles. The van der Waals surface area contributed by atoms with Gasteiger partial charge < -0.3 is 5.73 Å². The normalized spacial score (nSPS) is 9.80. The Hall–Kier alpha value is -2.64. The van der Waals surface area contributed by atoms with E-state index >= 15 is 0 Å². The summed E-state index contributed by atoms with van der Waals surface area (Å²) < 4.78 is 0. The third kappa shape index (κ3) is 2.85. The molecule has 0 aliphatic rings. The minimum Gasteiger partial charge on any atom is -0.375 e. The van der Waals surface area contributed by atoms with Crippen molar-refractivity contribution in [2.75, 3.05) is 5.73 Å². The minimum atomic E-state index is 0.534. The van der Waals surface area contributed by atoms with Gasteiger partial charge in [0, 0.05) is 22.7 Å². The van der Waals surface area contributed by atoms with Gasteiger partial charge in [0.1, 0.15) is 5.69 Å². The number of hydrogen-bond donors (Lipinski definition) is 1. The van der Waals surface area contributed by atoms with E-state index in [9.17, 15) is 0 Å². The number of rotatable bonds is 1. The molecule has 1 aromatic carbocycles. The Labute approximate surface area is 121 Å². The SMILES string of the molecule is Nc1nc(C#Cc2ccc(-c3ccccc3)nc2)cs1. The van der Waals surface area contributed by atoms with Crippen LogP contribution >= 0.6 is 11.3 Å². The molecule has 0 radical (unpaired) electrons. The first-order valence-electron chi connectivity index (χ1n) is 6.06. The standard InChI is InChI=1S/C16H11N3S/c17-16-19-14(11-20-16)8-6-12-7-9-15(18-10-12)13-4-2-1-3-5-13/h1-5,7,9-11H,(H2,17,19). The van der Waals surface area contributed by atoms with Gasteiger partial charge in [0.05, 0.1) is 5.69 Å². The Morgan fingerprint density at radius 1 is 1.00 bits per heavy atom. The first-order valence-corrected chi connectivity index (χ1v) is 6.94. The molecule has 0 unspecified atom stereocenters. The number of nitrogens with zero attached hydrogens (tertiary/aromatic N) is 2. The summed E-state index contributed by atoms with van der Waals surface area (Å²) in [6.07, 6.45) is 1.77. The van der Waals surface area contributed by atoms with Gasteiger partial charge in [-0.2, -0.15) is 0 Å². The molecule has 0 aliphatic carbocycles. The molecule has 96 valence electrons. The van der Waals surface area contributed by atoms with Crippen LogP contribution in [0.2, 0.25) is 0 Å². The number of thiazole rings is 1. The van der Waals surface area contributed by atoms with E-state index in [0.29, 0.717) is 10.8 Å². The quantitative estimate of drug-likeness (QED) is 0.695. The van der Waals surface area contributed by atoms with E-state index in [4.69, 9.17) is 5.73 Å². The van der Waals surface area contributed by atoms with Crippen LogP contribution in [0.5, 0.6) is 0 Å². The van der Waals surface area contributed by atoms with E-state index in [1.807, 2.05) is 47.8 Å². The summed E-state index contributed by atoms with van der Waals surface area (Å²) in [6.45, 7) is 0. The zero-order chi connectivity index (χ0) is 13.8. The van der Waals surface area contributed by atoms with Crippen molar-refractivity contribution < 1.29 is 0 Å². The highest BCUT2D eigenvalue weighted by molar-refractivity contribution is 7.13. The Kier molecular flexibility index (Phi) is 3.44. The zero-order valence-electron chi connectivity index (χ0n) is 10.6. The molecule has 0 bridgehead atoms. The molecule has 0 aliphatic heterocycles. The molecule has 2 N–H and O–H groups in total. The number of nitrogen functional groups attached to an aromatic ring is 1. The maximum absolute atomic E-state index is 5.56. The summed E-state index contributed by atoms with van der Waals surface area (Å²) in [6, 6.07) is 14.0. The van der Waals surface area contributed by atoms with Gasteiger partial charge in [0.25, 0.3) is 0 Å². The van der Waals surface area contributed by atoms with Crippen LogP contribution in [0.4, 0.5) is 5.13 Å². The van der Waals surface area contributed by atoms with Crippen LogP contribution in [0, 0.1) is 11.8 Å². The predicted molar refractivity (Wildman–Crippen MR) is 82.2 cm³/mol. The summed E-state index contributed by atoms with van der Waals surface area (Å²) >= 11 is 1.39. The molecule has 0 atom stereocenters. The molecule has 20 heavy (non-hydrogen) atoms. The van der Waals surface area contributed by atoms with E-state index in [1.165, 1.54) is 11.3 Å². The number of aromatic nitrogens is 2. The molecule has 2 aromatic heterocycles. The summed E-state index contributed by atoms with van der Waals surface area (Å²) in [5, 5.41) is 2.38. The fraction of sp³-hybridized carbons (Fsp3) is 0. The van der Waals surface area contributed by atoms with Crippen molar-refractivity contribution in [1.82, 2.24) is 9.97 Å². The number of pyridine rings is 1. The molecule has 3 aromatic rings. The highest BCUT2D eigenvalue weighted by Gasteiger charge is 1.97. The monoisotopic (exact) mass is 277 g/mol. The molecular formula is C16H11N3S. The molecule has 0 spiro atoms. The minimum absolute atomic E-state index is 0.534. The Morgan fingerprint density at radius 2 is 1.85 bits per heavy atom. The average molecular weight is 277 g/mol. The zero-order valence-corrected chi connectivity index (χ0v) is 11.4. The van der Waals surface area contributed by atoms with Crippen LogP contribution in [0.25, 0.3) is 11.3 Å². The lowest BCUT2D eigenvalue weighted by atomic mass is 10.1. The molecule has 4 heteroatoms. The topological polar surface area (TPSA) is 51.8 Å². The Morgan fingerprint density at radius 3 is 2.50 bits per heavy atom. The van der Waals surface area contributed by atoms with Crippen molar-refractivity contribution >= 4 is 16.5 Å². The maximum Gasteiger partial charge on any atom is 0.181 e. The average Bonchev–Trinajstić information content (AvgIpc) is 2.92. The van der Waals surface area contributed by atoms with E-state index in [0.717, 1.165) is 16.8 Å². The van der Waals surface area contributed by atoms with Crippen molar-refractivity contribution in [2.24, 2.45) is 0 Å². The second-order valence-corrected chi connectivity index (χ2v) is 5.01. The van der Waals surface area contributed by atoms with Crippen LogP contribution < -0.4 is 5.73 Å². The second-order valence-electron chi connectivity index (χ2n) is 4.12. The largest absolute Gasteiger partial charge is 0.375 e. The first-order chi connectivity index (χ1) is 9.81. The van der Waals surface area contributed by atoms with Gasteiger partial charge in [-0.25, -0.2) is 4.98 Å². The fourth-order valence-electron chi connectivity index (χ4n) is 1.73. The lowest BCUT2D eigenvalue weighted by molar-refractivity contribution is 1.31. The van der Waals surface area contributed by atoms with Crippen molar-refractivity contribution in [1.29, 1.82) is 0 Å². The molecule has 3 nitrogen and oxygen atoms in total. The van der Waals surface area contributed by atoms with Crippen LogP contribution in [-0.2, 0) is 0 Å². The molecule has 0 amide bonds. The van der Waals surface area contributed by atoms with Crippen LogP contribution in [0.1, 0.15) is 11.3 Å². The van der Waals surface area contributed by atoms with Crippen molar-refractivity contribution in [2.45, 2.75) is 0 Å². The fourth-order valence-corrected chi connectivity index (χ4v) is 2.22. The summed E-state index contributed by atoms with van der Waals surface area (Å²) in [5.74, 6) is 6.00. The molecule has 0 saturated heterocycles. The number of benzene rings is 1. The molecule has 0 saturated carbocycles. The lowest BCUT2D eigenvalue weighted by Crippen LogP contribution is -1.85. The number of hydrogen-bond acceptors (Lipinski definition) is 4. The van der Waals surface area contributed by atoms with Gasteiger partial charge >= 0.3 is 0 Å². The third-order valence-electron chi connectivity index (χ3n) is 2.69. The number of nitrogens with two attached hydrogens (primary N) is 1. The summed E-state index contributed by atoms with van der Waals surface area (Å²) in [7, 11) is 0. The van der Waals surface area contributed by atoms with Gasteiger partial charge in [0.2, 0.25) is 0 Å².